The van der Waals surface area contributed by atoms with Gasteiger partial charge < -0.3 is 10.6 Å². The van der Waals surface area contributed by atoms with Crippen LogP contribution in [0, 0.1) is 5.82 Å². The van der Waals surface area contributed by atoms with Crippen LogP contribution >= 0.6 is 23.2 Å². The van der Waals surface area contributed by atoms with Crippen molar-refractivity contribution < 1.29 is 9.18 Å². The molecular weight excluding hydrogens is 314 g/mol. The number of halogens is 3. The molecule has 3 rings (SSSR count). The molecule has 1 aliphatic heterocycles. The number of nitrogens with one attached hydrogen (secondary N) is 2. The Labute approximate surface area is 131 Å². The zero-order chi connectivity index (χ0) is 15.0. The van der Waals surface area contributed by atoms with E-state index in [-0.39, 0.29) is 18.3 Å². The molecule has 108 valence electrons. The highest BCUT2D eigenvalue weighted by atomic mass is 35.5. The number of amides is 1. The number of benzene rings is 2. The van der Waals surface area contributed by atoms with Crippen LogP contribution < -0.4 is 10.6 Å². The number of carbonyl (C=O) groups excluding carboxylic acids is 1. The van der Waals surface area contributed by atoms with Crippen LogP contribution in [0.5, 0.6) is 0 Å². The van der Waals surface area contributed by atoms with E-state index in [4.69, 9.17) is 23.2 Å². The molecule has 1 heterocycles. The standard InChI is InChI=1S/C15H11Cl2FN2O/c16-10-2-1-8(12(18)5-10)7-19-14-3-9-4-15(21)20-13(9)6-11(14)17/h1-3,5-6,19H,4,7H2,(H,20,21). The molecule has 0 saturated heterocycles. The molecule has 0 aliphatic carbocycles. The Balaban J connectivity index is 1.79. The van der Waals surface area contributed by atoms with Crippen molar-refractivity contribution in [2.45, 2.75) is 13.0 Å². The Morgan fingerprint density at radius 1 is 1.24 bits per heavy atom. The molecule has 6 heteroatoms. The number of carbonyl (C=O) groups is 1. The zero-order valence-corrected chi connectivity index (χ0v) is 12.4. The minimum absolute atomic E-state index is 0.0537. The molecule has 0 radical (unpaired) electrons. The van der Waals surface area contributed by atoms with Gasteiger partial charge in [-0.05, 0) is 29.8 Å². The molecule has 1 amide bonds. The summed E-state index contributed by atoms with van der Waals surface area (Å²) in [6.45, 7) is 0.281. The molecule has 0 fully saturated rings. The SMILES string of the molecule is O=C1Cc2cc(NCc3ccc(Cl)cc3F)c(Cl)cc2N1. The van der Waals surface area contributed by atoms with Crippen LogP contribution in [-0.2, 0) is 17.8 Å². The Bertz CT molecular complexity index is 734. The summed E-state index contributed by atoms with van der Waals surface area (Å²) in [5, 5.41) is 6.64. The third-order valence-electron chi connectivity index (χ3n) is 3.30. The summed E-state index contributed by atoms with van der Waals surface area (Å²) in [5.74, 6) is -0.425. The molecule has 0 unspecified atom stereocenters. The Morgan fingerprint density at radius 2 is 2.05 bits per heavy atom. The fraction of sp³-hybridized carbons (Fsp3) is 0.133. The molecule has 0 spiro atoms. The number of anilines is 2. The van der Waals surface area contributed by atoms with Gasteiger partial charge in [0, 0.05) is 22.8 Å². The van der Waals surface area contributed by atoms with Gasteiger partial charge in [-0.25, -0.2) is 4.39 Å². The number of fused-ring (bicyclic) bond motifs is 1. The summed E-state index contributed by atoms with van der Waals surface area (Å²) in [6.07, 6.45) is 0.330. The van der Waals surface area contributed by atoms with E-state index in [0.717, 1.165) is 11.3 Å². The summed E-state index contributed by atoms with van der Waals surface area (Å²) < 4.78 is 13.7. The molecule has 2 aromatic rings. The molecular formula is C15H11Cl2FN2O. The molecule has 0 aromatic heterocycles. The third-order valence-corrected chi connectivity index (χ3v) is 3.85. The van der Waals surface area contributed by atoms with Gasteiger partial charge in [-0.2, -0.15) is 0 Å². The number of hydrogen-bond acceptors (Lipinski definition) is 2. The lowest BCUT2D eigenvalue weighted by atomic mass is 10.1. The van der Waals surface area contributed by atoms with Crippen molar-refractivity contribution in [3.05, 3.63) is 57.3 Å². The first kappa shape index (κ1) is 14.2. The summed E-state index contributed by atoms with van der Waals surface area (Å²) in [7, 11) is 0. The van der Waals surface area contributed by atoms with E-state index in [1.165, 1.54) is 6.07 Å². The van der Waals surface area contributed by atoms with E-state index in [1.54, 1.807) is 18.2 Å². The third kappa shape index (κ3) is 2.96. The van der Waals surface area contributed by atoms with Crippen molar-refractivity contribution in [1.82, 2.24) is 0 Å². The lowest BCUT2D eigenvalue weighted by molar-refractivity contribution is -0.115. The van der Waals surface area contributed by atoms with Crippen molar-refractivity contribution >= 4 is 40.5 Å². The minimum atomic E-state index is -0.371. The normalized spacial score (nSPS) is 13.0. The summed E-state index contributed by atoms with van der Waals surface area (Å²) in [6, 6.07) is 8.03. The Morgan fingerprint density at radius 3 is 2.81 bits per heavy atom. The van der Waals surface area contributed by atoms with Gasteiger partial charge >= 0.3 is 0 Å². The fourth-order valence-electron chi connectivity index (χ4n) is 2.24. The maximum Gasteiger partial charge on any atom is 0.228 e. The molecule has 3 nitrogen and oxygen atoms in total. The van der Waals surface area contributed by atoms with Gasteiger partial charge in [0.25, 0.3) is 0 Å². The van der Waals surface area contributed by atoms with Gasteiger partial charge in [0.05, 0.1) is 17.1 Å². The van der Waals surface area contributed by atoms with Crippen LogP contribution in [0.4, 0.5) is 15.8 Å². The lowest BCUT2D eigenvalue weighted by Gasteiger charge is -2.11. The van der Waals surface area contributed by atoms with Crippen LogP contribution in [0.2, 0.25) is 10.0 Å². The van der Waals surface area contributed by atoms with Gasteiger partial charge in [-0.3, -0.25) is 4.79 Å². The van der Waals surface area contributed by atoms with E-state index in [9.17, 15) is 9.18 Å². The summed E-state index contributed by atoms with van der Waals surface area (Å²) in [5.41, 5.74) is 2.77. The second-order valence-electron chi connectivity index (χ2n) is 4.80. The minimum Gasteiger partial charge on any atom is -0.380 e. The average Bonchev–Trinajstić information content (AvgIpc) is 2.76. The van der Waals surface area contributed by atoms with E-state index >= 15 is 0 Å². The number of rotatable bonds is 3. The highest BCUT2D eigenvalue weighted by molar-refractivity contribution is 6.33. The highest BCUT2D eigenvalue weighted by Gasteiger charge is 2.19. The molecule has 2 aromatic carbocycles. The Hall–Kier alpha value is -1.78. The Kier molecular flexibility index (Phi) is 3.74. The second kappa shape index (κ2) is 5.54. The molecule has 0 atom stereocenters. The van der Waals surface area contributed by atoms with Crippen molar-refractivity contribution in [2.75, 3.05) is 10.6 Å². The summed E-state index contributed by atoms with van der Waals surface area (Å²) >= 11 is 11.9. The van der Waals surface area contributed by atoms with Crippen molar-refractivity contribution in [3.8, 4) is 0 Å². The van der Waals surface area contributed by atoms with Crippen LogP contribution in [0.3, 0.4) is 0 Å². The maximum atomic E-state index is 13.7. The largest absolute Gasteiger partial charge is 0.380 e. The molecule has 2 N–H and O–H groups in total. The van der Waals surface area contributed by atoms with Crippen LogP contribution in [0.15, 0.2) is 30.3 Å². The maximum absolute atomic E-state index is 13.7. The highest BCUT2D eigenvalue weighted by Crippen LogP contribution is 2.33. The van der Waals surface area contributed by atoms with Crippen LogP contribution in [0.25, 0.3) is 0 Å². The van der Waals surface area contributed by atoms with E-state index in [2.05, 4.69) is 10.6 Å². The van der Waals surface area contributed by atoms with E-state index < -0.39 is 0 Å². The van der Waals surface area contributed by atoms with Crippen molar-refractivity contribution in [1.29, 1.82) is 0 Å². The molecule has 0 bridgehead atoms. The lowest BCUT2D eigenvalue weighted by Crippen LogP contribution is -2.03. The van der Waals surface area contributed by atoms with Gasteiger partial charge in [0.1, 0.15) is 5.82 Å². The molecule has 0 saturated carbocycles. The van der Waals surface area contributed by atoms with Crippen molar-refractivity contribution in [2.24, 2.45) is 0 Å². The van der Waals surface area contributed by atoms with Gasteiger partial charge in [0.15, 0.2) is 0 Å². The quantitative estimate of drug-likeness (QED) is 0.886. The molecule has 21 heavy (non-hydrogen) atoms. The first-order chi connectivity index (χ1) is 10.0. The van der Waals surface area contributed by atoms with Gasteiger partial charge in [0.2, 0.25) is 5.91 Å². The predicted molar refractivity (Wildman–Crippen MR) is 82.5 cm³/mol. The van der Waals surface area contributed by atoms with Crippen LogP contribution in [0.1, 0.15) is 11.1 Å². The predicted octanol–water partition coefficient (Wildman–Crippen LogP) is 4.24. The number of hydrogen-bond donors (Lipinski definition) is 2. The average molecular weight is 325 g/mol. The first-order valence-corrected chi connectivity index (χ1v) is 7.08. The van der Waals surface area contributed by atoms with E-state index in [1.807, 2.05) is 6.07 Å². The van der Waals surface area contributed by atoms with Gasteiger partial charge in [-0.1, -0.05) is 29.3 Å². The monoisotopic (exact) mass is 324 g/mol. The topological polar surface area (TPSA) is 41.1 Å². The molecule has 1 aliphatic rings. The fourth-order valence-corrected chi connectivity index (χ4v) is 2.63. The van der Waals surface area contributed by atoms with Gasteiger partial charge in [-0.15, -0.1) is 0 Å². The zero-order valence-electron chi connectivity index (χ0n) is 10.8. The smallest absolute Gasteiger partial charge is 0.228 e. The first-order valence-electron chi connectivity index (χ1n) is 6.33. The summed E-state index contributed by atoms with van der Waals surface area (Å²) in [4.78, 5) is 11.3. The second-order valence-corrected chi connectivity index (χ2v) is 5.65. The van der Waals surface area contributed by atoms with Crippen LogP contribution in [-0.4, -0.2) is 5.91 Å². The van der Waals surface area contributed by atoms with E-state index in [0.29, 0.717) is 27.7 Å². The van der Waals surface area contributed by atoms with Crippen molar-refractivity contribution in [3.63, 3.8) is 0 Å².